The van der Waals surface area contributed by atoms with E-state index in [0.717, 1.165) is 10.2 Å². The number of anilines is 2. The molecule has 1 aliphatic heterocycles. The molecule has 21 heavy (non-hydrogen) atoms. The van der Waals surface area contributed by atoms with Crippen molar-refractivity contribution in [3.63, 3.8) is 0 Å². The third-order valence-electron chi connectivity index (χ3n) is 3.26. The van der Waals surface area contributed by atoms with Crippen LogP contribution in [-0.4, -0.2) is 52.2 Å². The van der Waals surface area contributed by atoms with E-state index in [1.165, 1.54) is 0 Å². The summed E-state index contributed by atoms with van der Waals surface area (Å²) in [5.74, 6) is -1.09. The number of benzene rings is 1. The van der Waals surface area contributed by atoms with Gasteiger partial charge >= 0.3 is 0 Å². The Labute approximate surface area is 131 Å². The molecule has 1 heterocycles. The van der Waals surface area contributed by atoms with Gasteiger partial charge in [-0.3, -0.25) is 9.59 Å². The lowest BCUT2D eigenvalue weighted by atomic mass is 10.1. The molecule has 6 nitrogen and oxygen atoms in total. The second-order valence-electron chi connectivity index (χ2n) is 4.61. The number of hydrogen-bond acceptors (Lipinski definition) is 5. The molecule has 0 atom stereocenters. The smallest absolute Gasteiger partial charge is 0.296 e. The fourth-order valence-electron chi connectivity index (χ4n) is 2.15. The number of hydrogen-bond donors (Lipinski definition) is 1. The molecule has 0 saturated carbocycles. The topological polar surface area (TPSA) is 67.9 Å². The van der Waals surface area contributed by atoms with Gasteiger partial charge in [0.1, 0.15) is 0 Å². The molecule has 0 bridgehead atoms. The van der Waals surface area contributed by atoms with Gasteiger partial charge < -0.3 is 19.7 Å². The van der Waals surface area contributed by atoms with Crippen LogP contribution in [0, 0.1) is 0 Å². The number of methoxy groups -OCH3 is 2. The first-order valence-electron chi connectivity index (χ1n) is 6.50. The first-order chi connectivity index (χ1) is 10.1. The Bertz CT molecular complexity index is 554. The van der Waals surface area contributed by atoms with Crippen LogP contribution in [0.3, 0.4) is 0 Å². The van der Waals surface area contributed by atoms with E-state index >= 15 is 0 Å². The van der Waals surface area contributed by atoms with Gasteiger partial charge in [-0.1, -0.05) is 0 Å². The van der Waals surface area contributed by atoms with E-state index in [9.17, 15) is 9.59 Å². The maximum Gasteiger partial charge on any atom is 0.296 e. The number of amides is 1. The molecule has 0 fully saturated rings. The molecule has 0 aromatic heterocycles. The fraction of sp³-hybridized carbons (Fsp3) is 0.429. The maximum absolute atomic E-state index is 11.7. The van der Waals surface area contributed by atoms with Crippen LogP contribution in [0.4, 0.5) is 11.4 Å². The maximum atomic E-state index is 11.7. The predicted molar refractivity (Wildman–Crippen MR) is 83.1 cm³/mol. The van der Waals surface area contributed by atoms with Crippen molar-refractivity contribution in [2.24, 2.45) is 0 Å². The van der Waals surface area contributed by atoms with Gasteiger partial charge in [0.15, 0.2) is 0 Å². The van der Waals surface area contributed by atoms with Gasteiger partial charge in [-0.2, -0.15) is 0 Å². The highest BCUT2D eigenvalue weighted by Crippen LogP contribution is 2.35. The number of ketones is 1. The number of nitrogens with one attached hydrogen (secondary N) is 1. The minimum absolute atomic E-state index is 0.397. The summed E-state index contributed by atoms with van der Waals surface area (Å²) >= 11 is 3.47. The molecule has 1 aromatic carbocycles. The summed E-state index contributed by atoms with van der Waals surface area (Å²) in [5, 5.41) is 2.58. The number of fused-ring (bicyclic) bond motifs is 1. The van der Waals surface area contributed by atoms with Crippen molar-refractivity contribution in [1.29, 1.82) is 0 Å². The number of carbonyl (C=O) groups is 2. The average molecular weight is 357 g/mol. The van der Waals surface area contributed by atoms with Crippen LogP contribution >= 0.6 is 15.9 Å². The van der Waals surface area contributed by atoms with Crippen molar-refractivity contribution >= 4 is 39.0 Å². The van der Waals surface area contributed by atoms with Crippen molar-refractivity contribution < 1.29 is 19.1 Å². The monoisotopic (exact) mass is 356 g/mol. The molecule has 0 radical (unpaired) electrons. The fourth-order valence-corrected chi connectivity index (χ4v) is 2.75. The molecule has 0 aliphatic carbocycles. The van der Waals surface area contributed by atoms with Crippen molar-refractivity contribution in [3.8, 4) is 0 Å². The highest BCUT2D eigenvalue weighted by Gasteiger charge is 2.29. The molecule has 7 heteroatoms. The first kappa shape index (κ1) is 15.9. The molecule has 0 spiro atoms. The second-order valence-corrected chi connectivity index (χ2v) is 5.46. The van der Waals surface area contributed by atoms with E-state index in [2.05, 4.69) is 26.1 Å². The molecular weight excluding hydrogens is 340 g/mol. The van der Waals surface area contributed by atoms with E-state index < -0.39 is 11.7 Å². The van der Waals surface area contributed by atoms with Crippen LogP contribution in [-0.2, 0) is 14.3 Å². The predicted octanol–water partition coefficient (Wildman–Crippen LogP) is 1.68. The Balaban J connectivity index is 2.30. The summed E-state index contributed by atoms with van der Waals surface area (Å²) in [6.45, 7) is 2.50. The quantitative estimate of drug-likeness (QED) is 0.753. The minimum Gasteiger partial charge on any atom is -0.383 e. The van der Waals surface area contributed by atoms with Crippen LogP contribution in [0.5, 0.6) is 0 Å². The van der Waals surface area contributed by atoms with E-state index in [1.807, 2.05) is 0 Å². The molecule has 0 unspecified atom stereocenters. The Morgan fingerprint density at radius 2 is 1.76 bits per heavy atom. The lowest BCUT2D eigenvalue weighted by molar-refractivity contribution is -0.112. The summed E-state index contributed by atoms with van der Waals surface area (Å²) in [7, 11) is 3.29. The van der Waals surface area contributed by atoms with Crippen molar-refractivity contribution in [2.75, 3.05) is 50.7 Å². The van der Waals surface area contributed by atoms with Gasteiger partial charge in [-0.25, -0.2) is 0 Å². The zero-order valence-corrected chi connectivity index (χ0v) is 13.5. The minimum atomic E-state index is -0.589. The van der Waals surface area contributed by atoms with E-state index in [1.54, 1.807) is 26.4 Å². The Morgan fingerprint density at radius 3 is 2.33 bits per heavy atom. The zero-order chi connectivity index (χ0) is 15.4. The molecule has 1 aromatic rings. The van der Waals surface area contributed by atoms with Gasteiger partial charge in [-0.05, 0) is 28.1 Å². The summed E-state index contributed by atoms with van der Waals surface area (Å²) in [4.78, 5) is 25.2. The van der Waals surface area contributed by atoms with Gasteiger partial charge in [0.05, 0.1) is 30.2 Å². The highest BCUT2D eigenvalue weighted by molar-refractivity contribution is 9.10. The van der Waals surface area contributed by atoms with Crippen LogP contribution in [0.2, 0.25) is 0 Å². The third kappa shape index (κ3) is 3.42. The number of nitrogens with zero attached hydrogens (tertiary/aromatic N) is 1. The van der Waals surface area contributed by atoms with E-state index in [-0.39, 0.29) is 0 Å². The SMILES string of the molecule is COCCN(CCOC)c1cc2c(cc1Br)C(=O)C(=O)N2. The van der Waals surface area contributed by atoms with Crippen LogP contribution in [0.25, 0.3) is 0 Å². The Morgan fingerprint density at radius 1 is 1.14 bits per heavy atom. The molecule has 2 rings (SSSR count). The molecule has 0 saturated heterocycles. The number of halogens is 1. The van der Waals surface area contributed by atoms with Gasteiger partial charge in [0.25, 0.3) is 11.7 Å². The molecular formula is C14H17BrN2O4. The average Bonchev–Trinajstić information content (AvgIpc) is 2.74. The Kier molecular flexibility index (Phi) is 5.33. The summed E-state index contributed by atoms with van der Waals surface area (Å²) < 4.78 is 11.0. The molecule has 1 amide bonds. The first-order valence-corrected chi connectivity index (χ1v) is 7.29. The summed E-state index contributed by atoms with van der Waals surface area (Å²) in [6, 6.07) is 3.48. The Hall–Kier alpha value is -1.44. The summed E-state index contributed by atoms with van der Waals surface area (Å²) in [6.07, 6.45) is 0. The van der Waals surface area contributed by atoms with Gasteiger partial charge in [0.2, 0.25) is 0 Å². The van der Waals surface area contributed by atoms with Crippen molar-refractivity contribution in [1.82, 2.24) is 0 Å². The lowest BCUT2D eigenvalue weighted by Gasteiger charge is -2.26. The van der Waals surface area contributed by atoms with Crippen LogP contribution < -0.4 is 10.2 Å². The number of rotatable bonds is 7. The highest BCUT2D eigenvalue weighted by atomic mass is 79.9. The number of Topliss-reactive ketones (excluding diaryl/α,β-unsaturated/α-hetero) is 1. The van der Waals surface area contributed by atoms with Crippen LogP contribution in [0.15, 0.2) is 16.6 Å². The van der Waals surface area contributed by atoms with Crippen molar-refractivity contribution in [3.05, 3.63) is 22.2 Å². The van der Waals surface area contributed by atoms with Crippen molar-refractivity contribution in [2.45, 2.75) is 0 Å². The third-order valence-corrected chi connectivity index (χ3v) is 3.89. The van der Waals surface area contributed by atoms with Gasteiger partial charge in [0, 0.05) is 31.8 Å². The molecule has 1 N–H and O–H groups in total. The van der Waals surface area contributed by atoms with E-state index in [4.69, 9.17) is 9.47 Å². The zero-order valence-electron chi connectivity index (χ0n) is 11.9. The number of ether oxygens (including phenoxy) is 2. The molecule has 1 aliphatic rings. The summed E-state index contributed by atoms with van der Waals surface area (Å²) in [5.41, 5.74) is 1.83. The van der Waals surface area contributed by atoms with Gasteiger partial charge in [-0.15, -0.1) is 0 Å². The lowest BCUT2D eigenvalue weighted by Crippen LogP contribution is -2.31. The standard InChI is InChI=1S/C14H17BrN2O4/c1-20-5-3-17(4-6-21-2)12-8-11-9(7-10(12)15)13(18)14(19)16-11/h7-8H,3-6H2,1-2H3,(H,16,18,19). The second kappa shape index (κ2) is 7.02. The van der Waals surface area contributed by atoms with E-state index in [0.29, 0.717) is 37.6 Å². The molecule has 114 valence electrons. The largest absolute Gasteiger partial charge is 0.383 e. The number of carbonyl (C=O) groups excluding carboxylic acids is 2. The normalized spacial score (nSPS) is 13.3. The van der Waals surface area contributed by atoms with Crippen LogP contribution in [0.1, 0.15) is 10.4 Å².